The Kier molecular flexibility index (Phi) is 3.47. The largest absolute Gasteiger partial charge is 0.331 e. The second-order valence-corrected chi connectivity index (χ2v) is 7.79. The Bertz CT molecular complexity index is 721. The number of benzene rings is 1. The summed E-state index contributed by atoms with van der Waals surface area (Å²) in [5.74, 6) is 0. The summed E-state index contributed by atoms with van der Waals surface area (Å²) in [7, 11) is 2.30. The van der Waals surface area contributed by atoms with Crippen LogP contribution in [0.25, 0.3) is 11.0 Å². The molecule has 2 bridgehead atoms. The van der Waals surface area contributed by atoms with Crippen LogP contribution in [-0.2, 0) is 0 Å². The van der Waals surface area contributed by atoms with Gasteiger partial charge in [-0.2, -0.15) is 0 Å². The first-order chi connectivity index (χ1) is 10.1. The number of nitrogens with one attached hydrogen (secondary N) is 1. The van der Waals surface area contributed by atoms with E-state index in [0.717, 1.165) is 26.8 Å². The van der Waals surface area contributed by atoms with Gasteiger partial charge in [-0.25, -0.2) is 0 Å². The Morgan fingerprint density at radius 2 is 1.90 bits per heavy atom. The first-order valence-electron chi connectivity index (χ1n) is 7.75. The molecule has 1 aromatic heterocycles. The predicted molar refractivity (Wildman–Crippen MR) is 92.3 cm³/mol. The van der Waals surface area contributed by atoms with Crippen LogP contribution in [-0.4, -0.2) is 33.6 Å². The van der Waals surface area contributed by atoms with Crippen molar-refractivity contribution in [1.82, 2.24) is 14.5 Å². The lowest BCUT2D eigenvalue weighted by atomic mass is 9.82. The van der Waals surface area contributed by atoms with E-state index in [1.54, 1.807) is 0 Å². The molecule has 2 unspecified atom stereocenters. The molecule has 2 aliphatic rings. The zero-order valence-electron chi connectivity index (χ0n) is 12.2. The molecule has 112 valence electrons. The number of nitrogens with zero attached hydrogens (tertiary/aromatic N) is 2. The number of hydrogen-bond acceptors (Lipinski definition) is 2. The first-order valence-corrected chi connectivity index (χ1v) is 8.95. The molecule has 0 spiro atoms. The quantitative estimate of drug-likeness (QED) is 0.743. The van der Waals surface area contributed by atoms with Crippen molar-refractivity contribution in [2.24, 2.45) is 0 Å². The van der Waals surface area contributed by atoms with Crippen molar-refractivity contribution in [1.29, 1.82) is 0 Å². The summed E-state index contributed by atoms with van der Waals surface area (Å²) in [6.45, 7) is 0. The molecule has 0 radical (unpaired) electrons. The van der Waals surface area contributed by atoms with Crippen LogP contribution in [0.15, 0.2) is 22.7 Å². The van der Waals surface area contributed by atoms with Crippen LogP contribution in [0, 0.1) is 4.77 Å². The molecule has 0 aliphatic carbocycles. The van der Waals surface area contributed by atoms with Gasteiger partial charge in [-0.3, -0.25) is 0 Å². The van der Waals surface area contributed by atoms with Crippen molar-refractivity contribution in [3.8, 4) is 0 Å². The molecule has 0 saturated carbocycles. The van der Waals surface area contributed by atoms with E-state index in [9.17, 15) is 0 Å². The SMILES string of the molecule is CN1C2CCCC1CC(n1c(=S)[nH]c3ccc(Br)cc31)C2. The molecule has 1 N–H and O–H groups in total. The molecule has 2 aliphatic heterocycles. The number of halogens is 1. The molecule has 2 saturated heterocycles. The highest BCUT2D eigenvalue weighted by atomic mass is 79.9. The van der Waals surface area contributed by atoms with Crippen molar-refractivity contribution in [2.75, 3.05) is 7.05 Å². The minimum Gasteiger partial charge on any atom is -0.331 e. The Hall–Kier alpha value is -0.650. The van der Waals surface area contributed by atoms with E-state index in [0.29, 0.717) is 6.04 Å². The summed E-state index contributed by atoms with van der Waals surface area (Å²) in [5, 5.41) is 0. The number of H-pyrrole nitrogens is 1. The van der Waals surface area contributed by atoms with Crippen molar-refractivity contribution in [3.05, 3.63) is 27.4 Å². The topological polar surface area (TPSA) is 24.0 Å². The molecule has 2 aromatic rings. The van der Waals surface area contributed by atoms with Crippen LogP contribution in [0.3, 0.4) is 0 Å². The zero-order chi connectivity index (χ0) is 14.6. The number of aromatic nitrogens is 2. The summed E-state index contributed by atoms with van der Waals surface area (Å²) in [6, 6.07) is 8.36. The third kappa shape index (κ3) is 2.30. The standard InChI is InChI=1S/C16H20BrN3S/c1-19-11-3-2-4-12(19)9-13(8-11)20-15-7-10(17)5-6-14(15)18-16(20)21/h5-7,11-13H,2-4,8-9H2,1H3,(H,18,21). The van der Waals surface area contributed by atoms with Crippen molar-refractivity contribution >= 4 is 39.2 Å². The van der Waals surface area contributed by atoms with Crippen LogP contribution in [0.5, 0.6) is 0 Å². The Morgan fingerprint density at radius 3 is 2.62 bits per heavy atom. The molecule has 4 rings (SSSR count). The molecule has 3 heterocycles. The average molecular weight is 366 g/mol. The van der Waals surface area contributed by atoms with Crippen molar-refractivity contribution in [3.63, 3.8) is 0 Å². The molecule has 2 fully saturated rings. The smallest absolute Gasteiger partial charge is 0.178 e. The normalized spacial score (nSPS) is 29.9. The first kappa shape index (κ1) is 14.0. The summed E-state index contributed by atoms with van der Waals surface area (Å²) < 4.78 is 4.36. The van der Waals surface area contributed by atoms with E-state index >= 15 is 0 Å². The molecular formula is C16H20BrN3S. The molecule has 2 atom stereocenters. The fourth-order valence-corrected chi connectivity index (χ4v) is 4.96. The van der Waals surface area contributed by atoms with E-state index < -0.39 is 0 Å². The lowest BCUT2D eigenvalue weighted by Gasteiger charge is -2.47. The van der Waals surface area contributed by atoms with Crippen LogP contribution in [0.2, 0.25) is 0 Å². The molecule has 21 heavy (non-hydrogen) atoms. The Balaban J connectivity index is 1.78. The van der Waals surface area contributed by atoms with E-state index in [2.05, 4.69) is 55.6 Å². The lowest BCUT2D eigenvalue weighted by Crippen LogP contribution is -2.50. The lowest BCUT2D eigenvalue weighted by molar-refractivity contribution is 0.0407. The fourth-order valence-electron chi connectivity index (χ4n) is 4.26. The van der Waals surface area contributed by atoms with Gasteiger partial charge in [0.2, 0.25) is 0 Å². The number of hydrogen-bond donors (Lipinski definition) is 1. The third-order valence-electron chi connectivity index (χ3n) is 5.36. The molecule has 1 aromatic carbocycles. The van der Waals surface area contributed by atoms with E-state index in [1.165, 1.54) is 37.6 Å². The van der Waals surface area contributed by atoms with Gasteiger partial charge >= 0.3 is 0 Å². The van der Waals surface area contributed by atoms with Gasteiger partial charge in [0, 0.05) is 22.6 Å². The third-order valence-corrected chi connectivity index (χ3v) is 6.15. The zero-order valence-corrected chi connectivity index (χ0v) is 14.6. The second-order valence-electron chi connectivity index (χ2n) is 6.49. The maximum absolute atomic E-state index is 5.62. The van der Waals surface area contributed by atoms with Gasteiger partial charge in [0.1, 0.15) is 0 Å². The Morgan fingerprint density at radius 1 is 1.19 bits per heavy atom. The highest BCUT2D eigenvalue weighted by Gasteiger charge is 2.37. The van der Waals surface area contributed by atoms with E-state index in [1.807, 2.05) is 0 Å². The second kappa shape index (κ2) is 5.21. The number of piperidine rings is 2. The number of aromatic amines is 1. The van der Waals surface area contributed by atoms with Gasteiger partial charge < -0.3 is 14.5 Å². The maximum Gasteiger partial charge on any atom is 0.178 e. The molecule has 5 heteroatoms. The maximum atomic E-state index is 5.62. The predicted octanol–water partition coefficient (Wildman–Crippen LogP) is 4.65. The van der Waals surface area contributed by atoms with Gasteiger partial charge in [-0.05, 0) is 63.1 Å². The fraction of sp³-hybridized carbons (Fsp3) is 0.562. The molecular weight excluding hydrogens is 346 g/mol. The number of fused-ring (bicyclic) bond motifs is 3. The minimum absolute atomic E-state index is 0.534. The van der Waals surface area contributed by atoms with Crippen LogP contribution < -0.4 is 0 Å². The number of imidazole rings is 1. The van der Waals surface area contributed by atoms with Gasteiger partial charge in [0.25, 0.3) is 0 Å². The van der Waals surface area contributed by atoms with Gasteiger partial charge in [-0.1, -0.05) is 22.4 Å². The highest BCUT2D eigenvalue weighted by Crippen LogP contribution is 2.39. The van der Waals surface area contributed by atoms with Crippen molar-refractivity contribution < 1.29 is 0 Å². The summed E-state index contributed by atoms with van der Waals surface area (Å²) in [4.78, 5) is 5.98. The van der Waals surface area contributed by atoms with Gasteiger partial charge in [0.05, 0.1) is 11.0 Å². The summed E-state index contributed by atoms with van der Waals surface area (Å²) in [5.41, 5.74) is 2.38. The monoisotopic (exact) mass is 365 g/mol. The van der Waals surface area contributed by atoms with Gasteiger partial charge in [-0.15, -0.1) is 0 Å². The highest BCUT2D eigenvalue weighted by molar-refractivity contribution is 9.10. The van der Waals surface area contributed by atoms with Gasteiger partial charge in [0.15, 0.2) is 4.77 Å². The van der Waals surface area contributed by atoms with Crippen LogP contribution in [0.4, 0.5) is 0 Å². The summed E-state index contributed by atoms with van der Waals surface area (Å²) in [6.07, 6.45) is 6.50. The van der Waals surface area contributed by atoms with E-state index in [4.69, 9.17) is 12.2 Å². The van der Waals surface area contributed by atoms with Crippen LogP contribution >= 0.6 is 28.1 Å². The van der Waals surface area contributed by atoms with E-state index in [-0.39, 0.29) is 0 Å². The average Bonchev–Trinajstić information content (AvgIpc) is 2.74. The van der Waals surface area contributed by atoms with Crippen molar-refractivity contribution in [2.45, 2.75) is 50.2 Å². The number of rotatable bonds is 1. The minimum atomic E-state index is 0.534. The molecule has 0 amide bonds. The molecule has 3 nitrogen and oxygen atoms in total. The van der Waals surface area contributed by atoms with Crippen LogP contribution in [0.1, 0.15) is 38.1 Å². The Labute approximate surface area is 138 Å². The summed E-state index contributed by atoms with van der Waals surface area (Å²) >= 11 is 9.21.